The number of nitrogens with two attached hydrogens (primary N) is 1. The van der Waals surface area contributed by atoms with Gasteiger partial charge in [-0.3, -0.25) is 0 Å². The first-order chi connectivity index (χ1) is 7.71. The van der Waals surface area contributed by atoms with Crippen LogP contribution in [0.15, 0.2) is 18.2 Å². The largest absolute Gasteiger partial charge is 0.478 e. The van der Waals surface area contributed by atoms with E-state index in [2.05, 4.69) is 0 Å². The van der Waals surface area contributed by atoms with E-state index < -0.39 is 18.3 Å². The van der Waals surface area contributed by atoms with Crippen LogP contribution >= 0.6 is 23.2 Å². The standard InChI is InChI=1S/C10H10Cl2F3NO/c1-5(16)9(10(13,14)15)17-8-4-6(11)2-3-7(8)12/h2-5,9H,16H2,1H3. The molecule has 0 fully saturated rings. The Morgan fingerprint density at radius 1 is 1.29 bits per heavy atom. The van der Waals surface area contributed by atoms with Crippen LogP contribution in [-0.4, -0.2) is 18.3 Å². The lowest BCUT2D eigenvalue weighted by Crippen LogP contribution is -2.47. The molecule has 96 valence electrons. The molecule has 7 heteroatoms. The van der Waals surface area contributed by atoms with Gasteiger partial charge in [0.25, 0.3) is 0 Å². The van der Waals surface area contributed by atoms with Gasteiger partial charge in [0.15, 0.2) is 0 Å². The average molecular weight is 288 g/mol. The van der Waals surface area contributed by atoms with E-state index in [1.807, 2.05) is 0 Å². The minimum atomic E-state index is -4.57. The molecule has 0 heterocycles. The van der Waals surface area contributed by atoms with Gasteiger partial charge in [-0.15, -0.1) is 0 Å². The van der Waals surface area contributed by atoms with Gasteiger partial charge in [-0.05, 0) is 19.1 Å². The van der Waals surface area contributed by atoms with E-state index in [-0.39, 0.29) is 15.8 Å². The number of halogens is 5. The Kier molecular flexibility index (Phi) is 4.52. The van der Waals surface area contributed by atoms with Crippen molar-refractivity contribution in [2.75, 3.05) is 0 Å². The van der Waals surface area contributed by atoms with Crippen LogP contribution in [0.4, 0.5) is 13.2 Å². The third-order valence-electron chi connectivity index (χ3n) is 1.95. The Morgan fingerprint density at radius 3 is 2.35 bits per heavy atom. The number of ether oxygens (including phenoxy) is 1. The van der Waals surface area contributed by atoms with Gasteiger partial charge >= 0.3 is 6.18 Å². The summed E-state index contributed by atoms with van der Waals surface area (Å²) in [6.45, 7) is 1.20. The fourth-order valence-corrected chi connectivity index (χ4v) is 1.50. The lowest BCUT2D eigenvalue weighted by Gasteiger charge is -2.25. The number of hydrogen-bond acceptors (Lipinski definition) is 2. The topological polar surface area (TPSA) is 35.2 Å². The van der Waals surface area contributed by atoms with Crippen molar-refractivity contribution in [3.63, 3.8) is 0 Å². The van der Waals surface area contributed by atoms with Crippen molar-refractivity contribution in [1.82, 2.24) is 0 Å². The Balaban J connectivity index is 2.98. The average Bonchev–Trinajstić information content (AvgIpc) is 2.17. The molecule has 1 rings (SSSR count). The van der Waals surface area contributed by atoms with Crippen LogP contribution in [-0.2, 0) is 0 Å². The molecule has 0 saturated heterocycles. The normalized spacial score (nSPS) is 15.5. The summed E-state index contributed by atoms with van der Waals surface area (Å²) in [5.41, 5.74) is 5.24. The van der Waals surface area contributed by atoms with Crippen molar-refractivity contribution in [2.24, 2.45) is 5.73 Å². The Labute approximate surface area is 106 Å². The molecule has 0 aliphatic rings. The van der Waals surface area contributed by atoms with Gasteiger partial charge in [-0.25, -0.2) is 0 Å². The molecular formula is C10H10Cl2F3NO. The highest BCUT2D eigenvalue weighted by atomic mass is 35.5. The molecule has 0 radical (unpaired) electrons. The molecule has 1 aromatic carbocycles. The Morgan fingerprint density at radius 2 is 1.88 bits per heavy atom. The maximum Gasteiger partial charge on any atom is 0.426 e. The van der Waals surface area contributed by atoms with Gasteiger partial charge in [0.05, 0.1) is 5.02 Å². The van der Waals surface area contributed by atoms with Gasteiger partial charge in [0.1, 0.15) is 5.75 Å². The second-order valence-electron chi connectivity index (χ2n) is 3.51. The van der Waals surface area contributed by atoms with Gasteiger partial charge in [-0.1, -0.05) is 23.2 Å². The lowest BCUT2D eigenvalue weighted by atomic mass is 10.2. The molecule has 2 unspecified atom stereocenters. The zero-order valence-corrected chi connectivity index (χ0v) is 10.3. The van der Waals surface area contributed by atoms with E-state index in [9.17, 15) is 13.2 Å². The minimum Gasteiger partial charge on any atom is -0.478 e. The molecular weight excluding hydrogens is 278 g/mol. The zero-order chi connectivity index (χ0) is 13.2. The predicted octanol–water partition coefficient (Wildman–Crippen LogP) is 3.65. The van der Waals surface area contributed by atoms with Crippen molar-refractivity contribution < 1.29 is 17.9 Å². The summed E-state index contributed by atoms with van der Waals surface area (Å²) in [5.74, 6) is -0.140. The molecule has 0 aliphatic carbocycles. The van der Waals surface area contributed by atoms with Crippen LogP contribution in [0, 0.1) is 0 Å². The van der Waals surface area contributed by atoms with E-state index in [0.29, 0.717) is 0 Å². The summed E-state index contributed by atoms with van der Waals surface area (Å²) < 4.78 is 42.6. The van der Waals surface area contributed by atoms with Crippen LogP contribution in [0.5, 0.6) is 5.75 Å². The van der Waals surface area contributed by atoms with Crippen LogP contribution in [0.25, 0.3) is 0 Å². The maximum absolute atomic E-state index is 12.6. The first kappa shape index (κ1) is 14.4. The summed E-state index contributed by atoms with van der Waals surface area (Å²) >= 11 is 11.3. The number of benzene rings is 1. The number of alkyl halides is 3. The van der Waals surface area contributed by atoms with Crippen molar-refractivity contribution in [2.45, 2.75) is 25.2 Å². The summed E-state index contributed by atoms with van der Waals surface area (Å²) in [5, 5.41) is 0.277. The Hall–Kier alpha value is -0.650. The summed E-state index contributed by atoms with van der Waals surface area (Å²) in [6, 6.07) is 2.80. The van der Waals surface area contributed by atoms with Crippen LogP contribution in [0.2, 0.25) is 10.0 Å². The highest BCUT2D eigenvalue weighted by molar-refractivity contribution is 6.34. The van der Waals surface area contributed by atoms with Gasteiger partial charge < -0.3 is 10.5 Å². The molecule has 2 nitrogen and oxygen atoms in total. The molecule has 1 aromatic rings. The summed E-state index contributed by atoms with van der Waals surface area (Å²) in [7, 11) is 0. The third kappa shape index (κ3) is 3.94. The van der Waals surface area contributed by atoms with E-state index >= 15 is 0 Å². The summed E-state index contributed by atoms with van der Waals surface area (Å²) in [4.78, 5) is 0. The smallest absolute Gasteiger partial charge is 0.426 e. The molecule has 0 saturated carbocycles. The SMILES string of the molecule is CC(N)C(Oc1cc(Cl)ccc1Cl)C(F)(F)F. The maximum atomic E-state index is 12.6. The van der Waals surface area contributed by atoms with Crippen LogP contribution in [0.1, 0.15) is 6.92 Å². The molecule has 0 aromatic heterocycles. The molecule has 17 heavy (non-hydrogen) atoms. The molecule has 0 amide bonds. The fraction of sp³-hybridized carbons (Fsp3) is 0.400. The van der Waals surface area contributed by atoms with Crippen molar-refractivity contribution in [1.29, 1.82) is 0 Å². The first-order valence-electron chi connectivity index (χ1n) is 4.66. The number of hydrogen-bond donors (Lipinski definition) is 1. The first-order valence-corrected chi connectivity index (χ1v) is 5.41. The molecule has 2 N–H and O–H groups in total. The van der Waals surface area contributed by atoms with Crippen LogP contribution in [0.3, 0.4) is 0 Å². The molecule has 0 spiro atoms. The second-order valence-corrected chi connectivity index (χ2v) is 4.36. The monoisotopic (exact) mass is 287 g/mol. The third-order valence-corrected chi connectivity index (χ3v) is 2.49. The minimum absolute atomic E-state index is 0.0456. The van der Waals surface area contributed by atoms with E-state index in [0.717, 1.165) is 0 Å². The molecule has 0 bridgehead atoms. The second kappa shape index (κ2) is 5.33. The quantitative estimate of drug-likeness (QED) is 0.921. The number of rotatable bonds is 3. The van der Waals surface area contributed by atoms with E-state index in [4.69, 9.17) is 33.7 Å². The van der Waals surface area contributed by atoms with Gasteiger partial charge in [0.2, 0.25) is 6.10 Å². The van der Waals surface area contributed by atoms with Crippen molar-refractivity contribution in [3.05, 3.63) is 28.2 Å². The fourth-order valence-electron chi connectivity index (χ4n) is 1.18. The Bertz CT molecular complexity index is 396. The van der Waals surface area contributed by atoms with Gasteiger partial charge in [-0.2, -0.15) is 13.2 Å². The summed E-state index contributed by atoms with van der Waals surface area (Å²) in [6.07, 6.45) is -6.70. The van der Waals surface area contributed by atoms with Crippen molar-refractivity contribution in [3.8, 4) is 5.75 Å². The lowest BCUT2D eigenvalue weighted by molar-refractivity contribution is -0.199. The zero-order valence-electron chi connectivity index (χ0n) is 8.76. The van der Waals surface area contributed by atoms with E-state index in [1.165, 1.54) is 25.1 Å². The van der Waals surface area contributed by atoms with Crippen molar-refractivity contribution >= 4 is 23.2 Å². The molecule has 2 atom stereocenters. The predicted molar refractivity (Wildman–Crippen MR) is 60.6 cm³/mol. The van der Waals surface area contributed by atoms with Gasteiger partial charge in [0, 0.05) is 17.1 Å². The van der Waals surface area contributed by atoms with E-state index in [1.54, 1.807) is 0 Å². The van der Waals surface area contributed by atoms with Crippen LogP contribution < -0.4 is 10.5 Å². The highest BCUT2D eigenvalue weighted by Gasteiger charge is 2.44. The molecule has 0 aliphatic heterocycles. The highest BCUT2D eigenvalue weighted by Crippen LogP contribution is 2.32.